The Labute approximate surface area is 185 Å². The second-order valence-electron chi connectivity index (χ2n) is 9.01. The fourth-order valence-electron chi connectivity index (χ4n) is 5.57. The van der Waals surface area contributed by atoms with E-state index in [1.165, 1.54) is 51.9 Å². The lowest BCUT2D eigenvalue weighted by molar-refractivity contribution is -0.0162. The van der Waals surface area contributed by atoms with Gasteiger partial charge in [-0.3, -0.25) is 9.80 Å². The largest absolute Gasteiger partial charge is 0.383 e. The van der Waals surface area contributed by atoms with Crippen LogP contribution in [0.25, 0.3) is 0 Å². The molecule has 0 spiro atoms. The third-order valence-electron chi connectivity index (χ3n) is 7.17. The number of ether oxygens (including phenoxy) is 1. The average molecular weight is 433 g/mol. The summed E-state index contributed by atoms with van der Waals surface area (Å²) in [6.07, 6.45) is 7.13. The van der Waals surface area contributed by atoms with E-state index in [1.54, 1.807) is 11.8 Å². The second-order valence-corrected chi connectivity index (χ2v) is 9.89. The Morgan fingerprint density at radius 2 is 2.17 bits per heavy atom. The third-order valence-corrected chi connectivity index (χ3v) is 7.89. The van der Waals surface area contributed by atoms with E-state index in [-0.39, 0.29) is 6.03 Å². The van der Waals surface area contributed by atoms with Crippen LogP contribution in [0.3, 0.4) is 0 Å². The lowest BCUT2D eigenvalue weighted by Crippen LogP contribution is -2.59. The molecule has 166 valence electrons. The highest BCUT2D eigenvalue weighted by Crippen LogP contribution is 2.37. The molecule has 2 N–H and O–H groups in total. The number of piperidine rings is 3. The van der Waals surface area contributed by atoms with Gasteiger partial charge < -0.3 is 15.4 Å². The Morgan fingerprint density at radius 1 is 1.27 bits per heavy atom. The zero-order valence-electron chi connectivity index (χ0n) is 18.3. The maximum atomic E-state index is 12.4. The first kappa shape index (κ1) is 21.9. The summed E-state index contributed by atoms with van der Waals surface area (Å²) in [6.45, 7) is 6.37. The molecule has 0 radical (unpaired) electrons. The molecule has 7 heteroatoms. The summed E-state index contributed by atoms with van der Waals surface area (Å²) in [4.78, 5) is 18.8. The van der Waals surface area contributed by atoms with Crippen LogP contribution in [-0.4, -0.2) is 80.6 Å². The number of hydrogen-bond acceptors (Lipinski definition) is 5. The fraction of sp³-hybridized carbons (Fsp3) is 0.696. The molecule has 4 fully saturated rings. The minimum atomic E-state index is -0.105. The summed E-state index contributed by atoms with van der Waals surface area (Å²) in [5, 5.41) is 6.08. The molecule has 4 heterocycles. The molecule has 1 aromatic rings. The normalized spacial score (nSPS) is 31.1. The van der Waals surface area contributed by atoms with Crippen LogP contribution in [-0.2, 0) is 4.74 Å². The van der Waals surface area contributed by atoms with Crippen molar-refractivity contribution < 1.29 is 9.53 Å². The van der Waals surface area contributed by atoms with Gasteiger partial charge in [0.15, 0.2) is 0 Å². The van der Waals surface area contributed by atoms with Crippen molar-refractivity contribution in [2.24, 2.45) is 11.8 Å². The standard InChI is InChI=1S/C23H36N4O2S/c1-29-16-20-6-4-9-26(20)14-18-15-27-10-8-17(18)11-21(27)13-24-23(28)25-19-5-3-7-22(12-19)30-2/h3,5,7,12,17-18,20-21H,4,6,8-11,13-16H2,1-2H3,(H2,24,25,28)/t17-,18+,20-,21+/m0/s1. The molecule has 0 aromatic heterocycles. The van der Waals surface area contributed by atoms with Crippen LogP contribution in [0.5, 0.6) is 0 Å². The Morgan fingerprint density at radius 3 is 2.93 bits per heavy atom. The van der Waals surface area contributed by atoms with Crippen molar-refractivity contribution in [2.75, 3.05) is 58.0 Å². The highest BCUT2D eigenvalue weighted by molar-refractivity contribution is 7.98. The molecule has 5 rings (SSSR count). The summed E-state index contributed by atoms with van der Waals surface area (Å²) in [6, 6.07) is 8.95. The first-order chi connectivity index (χ1) is 14.7. The number of carbonyl (C=O) groups excluding carboxylic acids is 1. The minimum absolute atomic E-state index is 0.105. The van der Waals surface area contributed by atoms with Gasteiger partial charge in [-0.15, -0.1) is 11.8 Å². The number of anilines is 1. The molecule has 4 aliphatic heterocycles. The van der Waals surface area contributed by atoms with Crippen molar-refractivity contribution in [1.82, 2.24) is 15.1 Å². The summed E-state index contributed by atoms with van der Waals surface area (Å²) in [7, 11) is 1.82. The van der Waals surface area contributed by atoms with Crippen LogP contribution in [0.2, 0.25) is 0 Å². The van der Waals surface area contributed by atoms with Gasteiger partial charge in [0.2, 0.25) is 0 Å². The molecule has 5 atom stereocenters. The van der Waals surface area contributed by atoms with Crippen LogP contribution in [0.15, 0.2) is 29.2 Å². The van der Waals surface area contributed by atoms with Crippen molar-refractivity contribution >= 4 is 23.5 Å². The quantitative estimate of drug-likeness (QED) is 0.617. The maximum absolute atomic E-state index is 12.4. The monoisotopic (exact) mass is 432 g/mol. The SMILES string of the molecule is COC[C@@H]1CCCN1C[C@@H]1CN2CC[C@H]1C[C@@H]2CNC(=O)Nc1cccc(SC)c1. The number of thioether (sulfide) groups is 1. The number of nitrogens with one attached hydrogen (secondary N) is 2. The highest BCUT2D eigenvalue weighted by atomic mass is 32.2. The number of carbonyl (C=O) groups is 1. The molecule has 2 amide bonds. The van der Waals surface area contributed by atoms with Gasteiger partial charge in [0.1, 0.15) is 0 Å². The van der Waals surface area contributed by atoms with Crippen LogP contribution in [0.4, 0.5) is 10.5 Å². The van der Waals surface area contributed by atoms with Crippen LogP contribution >= 0.6 is 11.8 Å². The second kappa shape index (κ2) is 10.4. The summed E-state index contributed by atoms with van der Waals surface area (Å²) < 4.78 is 5.43. The number of fused-ring (bicyclic) bond motifs is 3. The van der Waals surface area contributed by atoms with Crippen molar-refractivity contribution in [2.45, 2.75) is 42.7 Å². The molecule has 0 aliphatic carbocycles. The molecule has 30 heavy (non-hydrogen) atoms. The molecule has 1 unspecified atom stereocenters. The average Bonchev–Trinajstić information content (AvgIpc) is 3.20. The zero-order valence-corrected chi connectivity index (χ0v) is 19.1. The van der Waals surface area contributed by atoms with Crippen molar-refractivity contribution in [3.05, 3.63) is 24.3 Å². The van der Waals surface area contributed by atoms with Crippen molar-refractivity contribution in [3.8, 4) is 0 Å². The van der Waals surface area contributed by atoms with Gasteiger partial charge in [0.25, 0.3) is 0 Å². The smallest absolute Gasteiger partial charge is 0.319 e. The van der Waals surface area contributed by atoms with Gasteiger partial charge in [-0.1, -0.05) is 6.07 Å². The van der Waals surface area contributed by atoms with Crippen LogP contribution in [0, 0.1) is 11.8 Å². The predicted octanol–water partition coefficient (Wildman–Crippen LogP) is 3.35. The minimum Gasteiger partial charge on any atom is -0.383 e. The number of nitrogens with zero attached hydrogens (tertiary/aromatic N) is 2. The zero-order chi connectivity index (χ0) is 20.9. The molecular weight excluding hydrogens is 396 g/mol. The summed E-state index contributed by atoms with van der Waals surface area (Å²) >= 11 is 1.68. The number of benzene rings is 1. The number of urea groups is 1. The molecule has 0 saturated carbocycles. The Bertz CT molecular complexity index is 718. The fourth-order valence-corrected chi connectivity index (χ4v) is 6.03. The van der Waals surface area contributed by atoms with E-state index in [1.807, 2.05) is 31.6 Å². The first-order valence-electron chi connectivity index (χ1n) is 11.3. The summed E-state index contributed by atoms with van der Waals surface area (Å²) in [5.74, 6) is 1.54. The van der Waals surface area contributed by atoms with Crippen LogP contribution in [0.1, 0.15) is 25.7 Å². The van der Waals surface area contributed by atoms with E-state index >= 15 is 0 Å². The maximum Gasteiger partial charge on any atom is 0.319 e. The third kappa shape index (κ3) is 5.31. The van der Waals surface area contributed by atoms with Crippen LogP contribution < -0.4 is 10.6 Å². The van der Waals surface area contributed by atoms with Gasteiger partial charge in [-0.2, -0.15) is 0 Å². The van der Waals surface area contributed by atoms with E-state index in [2.05, 4.69) is 26.5 Å². The van der Waals surface area contributed by atoms with E-state index in [0.29, 0.717) is 12.1 Å². The van der Waals surface area contributed by atoms with E-state index < -0.39 is 0 Å². The first-order valence-corrected chi connectivity index (χ1v) is 12.5. The van der Waals surface area contributed by atoms with E-state index in [0.717, 1.165) is 35.6 Å². The van der Waals surface area contributed by atoms with Gasteiger partial charge in [-0.05, 0) is 75.1 Å². The number of hydrogen-bond donors (Lipinski definition) is 2. The Balaban J connectivity index is 1.24. The molecular formula is C23H36N4O2S. The van der Waals surface area contributed by atoms with Gasteiger partial charge >= 0.3 is 6.03 Å². The number of rotatable bonds is 8. The summed E-state index contributed by atoms with van der Waals surface area (Å²) in [5.41, 5.74) is 0.848. The topological polar surface area (TPSA) is 56.8 Å². The number of methoxy groups -OCH3 is 1. The molecule has 6 nitrogen and oxygen atoms in total. The molecule has 2 bridgehead atoms. The van der Waals surface area contributed by atoms with Crippen molar-refractivity contribution in [1.29, 1.82) is 0 Å². The number of amides is 2. The van der Waals surface area contributed by atoms with E-state index in [4.69, 9.17) is 4.74 Å². The lowest BCUT2D eigenvalue weighted by atomic mass is 9.75. The Kier molecular flexibility index (Phi) is 7.57. The Hall–Kier alpha value is -1.28. The van der Waals surface area contributed by atoms with Gasteiger partial charge in [0, 0.05) is 49.4 Å². The van der Waals surface area contributed by atoms with E-state index in [9.17, 15) is 4.79 Å². The molecule has 4 aliphatic rings. The predicted molar refractivity (Wildman–Crippen MR) is 123 cm³/mol. The highest BCUT2D eigenvalue weighted by Gasteiger charge is 2.41. The van der Waals surface area contributed by atoms with Gasteiger partial charge in [-0.25, -0.2) is 4.79 Å². The lowest BCUT2D eigenvalue weighted by Gasteiger charge is -2.51. The molecule has 1 aromatic carbocycles. The molecule has 4 saturated heterocycles. The number of likely N-dealkylation sites (tertiary alicyclic amines) is 1. The van der Waals surface area contributed by atoms with Crippen molar-refractivity contribution in [3.63, 3.8) is 0 Å². The van der Waals surface area contributed by atoms with Gasteiger partial charge in [0.05, 0.1) is 6.61 Å².